The lowest BCUT2D eigenvalue weighted by Crippen LogP contribution is -2.00. The van der Waals surface area contributed by atoms with Crippen molar-refractivity contribution >= 4 is 43.8 Å². The number of aromatic nitrogens is 4. The molecule has 7 aromatic carbocycles. The van der Waals surface area contributed by atoms with Crippen LogP contribution >= 0.6 is 0 Å². The van der Waals surface area contributed by atoms with Crippen molar-refractivity contribution in [3.63, 3.8) is 0 Å². The van der Waals surface area contributed by atoms with Crippen LogP contribution in [0.5, 0.6) is 0 Å². The van der Waals surface area contributed by atoms with Crippen LogP contribution in [0.25, 0.3) is 101 Å². The first-order valence-electron chi connectivity index (χ1n) is 15.8. The lowest BCUT2D eigenvalue weighted by Gasteiger charge is -2.09. The van der Waals surface area contributed by atoms with E-state index in [-0.39, 0.29) is 0 Å². The van der Waals surface area contributed by atoms with E-state index in [1.807, 2.05) is 103 Å². The lowest BCUT2D eigenvalue weighted by molar-refractivity contribution is 0.623. The second-order valence-corrected chi connectivity index (χ2v) is 11.8. The van der Waals surface area contributed by atoms with Crippen molar-refractivity contribution < 1.29 is 8.83 Å². The highest BCUT2D eigenvalue weighted by molar-refractivity contribution is 6.32. The summed E-state index contributed by atoms with van der Waals surface area (Å²) in [4.78, 5) is 19.6. The number of oxazole rings is 1. The maximum Gasteiger partial charge on any atom is 0.227 e. The normalized spacial score (nSPS) is 11.8. The topological polar surface area (TPSA) is 77.8 Å². The molecule has 10 aromatic rings. The SMILES string of the molecule is c1ccc(-c2nc(-c3ccccc3)nc(-c3ccc(-c4ccc5c6nc(-c7ccccc7)oc6c6cccc7oc4c5c76)cc3)n2)cc1. The molecule has 0 aliphatic rings. The van der Waals surface area contributed by atoms with Gasteiger partial charge in [-0.2, -0.15) is 0 Å². The van der Waals surface area contributed by atoms with Crippen LogP contribution in [0.3, 0.4) is 0 Å². The molecule has 0 saturated heterocycles. The van der Waals surface area contributed by atoms with Crippen molar-refractivity contribution in [2.45, 2.75) is 0 Å². The van der Waals surface area contributed by atoms with E-state index in [1.165, 1.54) is 0 Å². The van der Waals surface area contributed by atoms with Gasteiger partial charge in [0.25, 0.3) is 0 Å². The minimum Gasteiger partial charge on any atom is -0.455 e. The van der Waals surface area contributed by atoms with Gasteiger partial charge >= 0.3 is 0 Å². The van der Waals surface area contributed by atoms with Crippen molar-refractivity contribution in [2.24, 2.45) is 0 Å². The Morgan fingerprint density at radius 3 is 1.54 bits per heavy atom. The highest BCUT2D eigenvalue weighted by Crippen LogP contribution is 2.46. The molecule has 0 aliphatic heterocycles. The average Bonchev–Trinajstić information content (AvgIpc) is 3.79. The lowest BCUT2D eigenvalue weighted by atomic mass is 9.95. The Balaban J connectivity index is 1.11. The highest BCUT2D eigenvalue weighted by Gasteiger charge is 2.23. The van der Waals surface area contributed by atoms with Gasteiger partial charge in [0.1, 0.15) is 16.7 Å². The molecule has 0 bridgehead atoms. The number of rotatable bonds is 5. The maximum absolute atomic E-state index is 6.60. The monoisotopic (exact) mass is 616 g/mol. The molecule has 48 heavy (non-hydrogen) atoms. The van der Waals surface area contributed by atoms with E-state index in [2.05, 4.69) is 42.5 Å². The van der Waals surface area contributed by atoms with E-state index < -0.39 is 0 Å². The fourth-order valence-corrected chi connectivity index (χ4v) is 6.66. The predicted octanol–water partition coefficient (Wildman–Crippen LogP) is 10.8. The fourth-order valence-electron chi connectivity index (χ4n) is 6.66. The van der Waals surface area contributed by atoms with Gasteiger partial charge < -0.3 is 8.83 Å². The van der Waals surface area contributed by atoms with Gasteiger partial charge in [-0.25, -0.2) is 19.9 Å². The van der Waals surface area contributed by atoms with Gasteiger partial charge in [0, 0.05) is 49.4 Å². The van der Waals surface area contributed by atoms with Crippen LogP contribution in [-0.2, 0) is 0 Å². The molecule has 224 valence electrons. The van der Waals surface area contributed by atoms with Gasteiger partial charge in [0.15, 0.2) is 23.1 Å². The summed E-state index contributed by atoms with van der Waals surface area (Å²) >= 11 is 0. The molecule has 0 atom stereocenters. The van der Waals surface area contributed by atoms with Gasteiger partial charge in [0.2, 0.25) is 5.89 Å². The number of hydrogen-bond donors (Lipinski definition) is 0. The largest absolute Gasteiger partial charge is 0.455 e. The van der Waals surface area contributed by atoms with Crippen molar-refractivity contribution in [1.82, 2.24) is 19.9 Å². The summed E-state index contributed by atoms with van der Waals surface area (Å²) in [5, 5.41) is 4.11. The molecule has 0 fully saturated rings. The van der Waals surface area contributed by atoms with Crippen LogP contribution in [0.4, 0.5) is 0 Å². The number of fused-ring (bicyclic) bond motifs is 3. The number of nitrogens with zero attached hydrogens (tertiary/aromatic N) is 4. The van der Waals surface area contributed by atoms with Crippen molar-refractivity contribution in [2.75, 3.05) is 0 Å². The minimum atomic E-state index is 0.608. The number of furan rings is 1. The first-order valence-corrected chi connectivity index (χ1v) is 15.8. The van der Waals surface area contributed by atoms with Gasteiger partial charge in [-0.15, -0.1) is 0 Å². The van der Waals surface area contributed by atoms with Crippen molar-refractivity contribution in [1.29, 1.82) is 0 Å². The van der Waals surface area contributed by atoms with Crippen LogP contribution < -0.4 is 0 Å². The summed E-state index contributed by atoms with van der Waals surface area (Å²) in [6.45, 7) is 0. The number of hydrogen-bond acceptors (Lipinski definition) is 6. The van der Waals surface area contributed by atoms with Gasteiger partial charge in [-0.3, -0.25) is 0 Å². The molecule has 0 aliphatic carbocycles. The molecule has 3 aromatic heterocycles. The highest BCUT2D eigenvalue weighted by atomic mass is 16.3. The fraction of sp³-hybridized carbons (Fsp3) is 0. The first kappa shape index (κ1) is 26.5. The van der Waals surface area contributed by atoms with Crippen LogP contribution in [0.15, 0.2) is 154 Å². The third-order valence-corrected chi connectivity index (χ3v) is 8.95. The second kappa shape index (κ2) is 10.4. The van der Waals surface area contributed by atoms with Crippen LogP contribution in [0.2, 0.25) is 0 Å². The molecule has 0 saturated carbocycles. The molecule has 0 amide bonds. The van der Waals surface area contributed by atoms with E-state index in [4.69, 9.17) is 28.8 Å². The summed E-state index contributed by atoms with van der Waals surface area (Å²) in [6, 6.07) is 48.8. The zero-order valence-electron chi connectivity index (χ0n) is 25.5. The Morgan fingerprint density at radius 1 is 0.354 bits per heavy atom. The van der Waals surface area contributed by atoms with Gasteiger partial charge in [-0.1, -0.05) is 121 Å². The number of benzene rings is 7. The second-order valence-electron chi connectivity index (χ2n) is 11.8. The van der Waals surface area contributed by atoms with E-state index in [9.17, 15) is 0 Å². The Morgan fingerprint density at radius 2 is 0.917 bits per heavy atom. The molecule has 3 heterocycles. The standard InChI is InChI=1S/C42H24N4O2/c1-4-11-26(12-5-1)39-44-40(27-13-6-2-7-14-27)46-41(45-39)28-21-19-25(20-22-28)30-23-24-31-35-34-32(17-10-18-33(34)47-37(30)35)38-36(31)43-42(48-38)29-15-8-3-9-16-29/h1-24H. The maximum atomic E-state index is 6.60. The van der Waals surface area contributed by atoms with Gasteiger partial charge in [0.05, 0.1) is 0 Å². The molecule has 10 rings (SSSR count). The Bertz CT molecular complexity index is 2700. The van der Waals surface area contributed by atoms with Crippen molar-refractivity contribution in [3.8, 4) is 56.7 Å². The summed E-state index contributed by atoms with van der Waals surface area (Å²) in [6.07, 6.45) is 0. The molecule has 0 spiro atoms. The summed E-state index contributed by atoms with van der Waals surface area (Å²) in [7, 11) is 0. The zero-order chi connectivity index (χ0) is 31.6. The Hall–Kier alpha value is -6.66. The zero-order valence-corrected chi connectivity index (χ0v) is 25.5. The average molecular weight is 617 g/mol. The first-order chi connectivity index (χ1) is 23.8. The van der Waals surface area contributed by atoms with Crippen LogP contribution in [-0.4, -0.2) is 19.9 Å². The summed E-state index contributed by atoms with van der Waals surface area (Å²) in [5.74, 6) is 2.49. The third kappa shape index (κ3) is 4.13. The molecular weight excluding hydrogens is 592 g/mol. The van der Waals surface area contributed by atoms with Crippen LogP contribution in [0, 0.1) is 0 Å². The Labute approximate surface area is 274 Å². The molecular formula is C42H24N4O2. The van der Waals surface area contributed by atoms with E-state index in [1.54, 1.807) is 0 Å². The van der Waals surface area contributed by atoms with Crippen LogP contribution in [0.1, 0.15) is 0 Å². The third-order valence-electron chi connectivity index (χ3n) is 8.95. The summed E-state index contributed by atoms with van der Waals surface area (Å²) in [5.41, 5.74) is 9.01. The van der Waals surface area contributed by atoms with Crippen molar-refractivity contribution in [3.05, 3.63) is 146 Å². The van der Waals surface area contributed by atoms with E-state index >= 15 is 0 Å². The minimum absolute atomic E-state index is 0.608. The van der Waals surface area contributed by atoms with E-state index in [0.717, 1.165) is 77.2 Å². The molecule has 0 N–H and O–H groups in total. The predicted molar refractivity (Wildman–Crippen MR) is 191 cm³/mol. The molecule has 6 heteroatoms. The molecule has 0 unspecified atom stereocenters. The quantitative estimate of drug-likeness (QED) is 0.179. The summed E-state index contributed by atoms with van der Waals surface area (Å²) < 4.78 is 13.0. The molecule has 6 nitrogen and oxygen atoms in total. The molecule has 0 radical (unpaired) electrons. The van der Waals surface area contributed by atoms with E-state index in [0.29, 0.717) is 23.4 Å². The Kier molecular flexibility index (Phi) is 5.77. The smallest absolute Gasteiger partial charge is 0.227 e. The van der Waals surface area contributed by atoms with Gasteiger partial charge in [-0.05, 0) is 29.8 Å².